The standard InChI is InChI=1S/C13H26N2O/c1-4-10(9(2)3)7-13(16)15-8-12(14)11-5-6-11/h9-12H,4-8,14H2,1-3H3,(H,15,16). The van der Waals surface area contributed by atoms with Gasteiger partial charge in [-0.05, 0) is 30.6 Å². The van der Waals surface area contributed by atoms with Crippen LogP contribution < -0.4 is 11.1 Å². The van der Waals surface area contributed by atoms with Gasteiger partial charge >= 0.3 is 0 Å². The van der Waals surface area contributed by atoms with Gasteiger partial charge in [0.2, 0.25) is 5.91 Å². The Labute approximate surface area is 99.2 Å². The Kier molecular flexibility index (Phi) is 5.26. The number of carbonyl (C=O) groups excluding carboxylic acids is 1. The summed E-state index contributed by atoms with van der Waals surface area (Å²) in [5.41, 5.74) is 5.94. The zero-order chi connectivity index (χ0) is 12.1. The van der Waals surface area contributed by atoms with Crippen LogP contribution in [-0.4, -0.2) is 18.5 Å². The van der Waals surface area contributed by atoms with Gasteiger partial charge in [-0.3, -0.25) is 4.79 Å². The highest BCUT2D eigenvalue weighted by Gasteiger charge is 2.28. The highest BCUT2D eigenvalue weighted by atomic mass is 16.1. The average Bonchev–Trinajstić information content (AvgIpc) is 3.05. The van der Waals surface area contributed by atoms with Crippen molar-refractivity contribution in [3.63, 3.8) is 0 Å². The third-order valence-corrected chi connectivity index (χ3v) is 3.68. The Balaban J connectivity index is 2.18. The monoisotopic (exact) mass is 226 g/mol. The number of carbonyl (C=O) groups is 1. The SMILES string of the molecule is CCC(CC(=O)NCC(N)C1CC1)C(C)C. The van der Waals surface area contributed by atoms with E-state index in [0.717, 1.165) is 6.42 Å². The van der Waals surface area contributed by atoms with Crippen molar-refractivity contribution >= 4 is 5.91 Å². The van der Waals surface area contributed by atoms with Crippen LogP contribution in [0.4, 0.5) is 0 Å². The molecule has 0 aromatic heterocycles. The fourth-order valence-corrected chi connectivity index (χ4v) is 2.08. The third kappa shape index (κ3) is 4.52. The number of rotatable bonds is 7. The predicted molar refractivity (Wildman–Crippen MR) is 66.9 cm³/mol. The summed E-state index contributed by atoms with van der Waals surface area (Å²) in [5, 5.41) is 2.96. The van der Waals surface area contributed by atoms with Gasteiger partial charge in [-0.2, -0.15) is 0 Å². The second-order valence-corrected chi connectivity index (χ2v) is 5.42. The fraction of sp³-hybridized carbons (Fsp3) is 0.923. The number of hydrogen-bond acceptors (Lipinski definition) is 2. The summed E-state index contributed by atoms with van der Waals surface area (Å²) in [6.45, 7) is 7.15. The van der Waals surface area contributed by atoms with Gasteiger partial charge in [-0.15, -0.1) is 0 Å². The molecule has 0 aromatic rings. The van der Waals surface area contributed by atoms with E-state index in [2.05, 4.69) is 26.1 Å². The molecule has 0 aliphatic heterocycles. The molecule has 2 unspecified atom stereocenters. The van der Waals surface area contributed by atoms with E-state index in [9.17, 15) is 4.79 Å². The van der Waals surface area contributed by atoms with Crippen LogP contribution in [-0.2, 0) is 4.79 Å². The van der Waals surface area contributed by atoms with Crippen molar-refractivity contribution in [2.24, 2.45) is 23.5 Å². The number of amides is 1. The Morgan fingerprint density at radius 3 is 2.50 bits per heavy atom. The highest BCUT2D eigenvalue weighted by Crippen LogP contribution is 2.31. The summed E-state index contributed by atoms with van der Waals surface area (Å²) >= 11 is 0. The van der Waals surface area contributed by atoms with E-state index in [1.807, 2.05) is 0 Å². The van der Waals surface area contributed by atoms with Gasteiger partial charge < -0.3 is 11.1 Å². The first-order valence-corrected chi connectivity index (χ1v) is 6.56. The quantitative estimate of drug-likeness (QED) is 0.697. The average molecular weight is 226 g/mol. The summed E-state index contributed by atoms with van der Waals surface area (Å²) in [6.07, 6.45) is 4.19. The van der Waals surface area contributed by atoms with Crippen molar-refractivity contribution < 1.29 is 4.79 Å². The molecule has 1 fully saturated rings. The van der Waals surface area contributed by atoms with Crippen molar-refractivity contribution in [1.82, 2.24) is 5.32 Å². The summed E-state index contributed by atoms with van der Waals surface area (Å²) < 4.78 is 0. The normalized spacial score (nSPS) is 19.6. The van der Waals surface area contributed by atoms with Crippen molar-refractivity contribution in [2.45, 2.75) is 52.5 Å². The van der Waals surface area contributed by atoms with Crippen LogP contribution in [0.25, 0.3) is 0 Å². The van der Waals surface area contributed by atoms with Crippen molar-refractivity contribution in [3.8, 4) is 0 Å². The van der Waals surface area contributed by atoms with E-state index >= 15 is 0 Å². The molecule has 1 amide bonds. The smallest absolute Gasteiger partial charge is 0.220 e. The number of hydrogen-bond donors (Lipinski definition) is 2. The molecule has 0 aromatic carbocycles. The van der Waals surface area contributed by atoms with Gasteiger partial charge in [0.1, 0.15) is 0 Å². The molecule has 0 spiro atoms. The van der Waals surface area contributed by atoms with Crippen LogP contribution in [0.2, 0.25) is 0 Å². The first-order valence-electron chi connectivity index (χ1n) is 6.56. The molecule has 3 N–H and O–H groups in total. The molecular weight excluding hydrogens is 200 g/mol. The van der Waals surface area contributed by atoms with E-state index in [0.29, 0.717) is 30.7 Å². The topological polar surface area (TPSA) is 55.1 Å². The molecule has 1 aliphatic carbocycles. The first-order chi connectivity index (χ1) is 7.54. The second kappa shape index (κ2) is 6.24. The molecule has 0 saturated heterocycles. The zero-order valence-corrected chi connectivity index (χ0v) is 10.8. The lowest BCUT2D eigenvalue weighted by atomic mass is 9.90. The minimum Gasteiger partial charge on any atom is -0.355 e. The number of nitrogens with one attached hydrogen (secondary N) is 1. The van der Waals surface area contributed by atoms with E-state index in [1.165, 1.54) is 12.8 Å². The Hall–Kier alpha value is -0.570. The molecule has 0 heterocycles. The lowest BCUT2D eigenvalue weighted by Crippen LogP contribution is -2.39. The highest BCUT2D eigenvalue weighted by molar-refractivity contribution is 5.76. The third-order valence-electron chi connectivity index (χ3n) is 3.68. The van der Waals surface area contributed by atoms with Crippen molar-refractivity contribution in [3.05, 3.63) is 0 Å². The molecule has 3 heteroatoms. The van der Waals surface area contributed by atoms with Crippen LogP contribution in [0.5, 0.6) is 0 Å². The predicted octanol–water partition coefficient (Wildman–Crippen LogP) is 1.91. The van der Waals surface area contributed by atoms with E-state index in [1.54, 1.807) is 0 Å². The molecule has 0 bridgehead atoms. The molecule has 2 atom stereocenters. The lowest BCUT2D eigenvalue weighted by Gasteiger charge is -2.19. The minimum absolute atomic E-state index is 0.164. The molecule has 94 valence electrons. The van der Waals surface area contributed by atoms with Crippen LogP contribution in [0, 0.1) is 17.8 Å². The minimum atomic E-state index is 0.164. The summed E-state index contributed by atoms with van der Waals surface area (Å²) in [4.78, 5) is 11.7. The lowest BCUT2D eigenvalue weighted by molar-refractivity contribution is -0.122. The molecule has 1 saturated carbocycles. The fourth-order valence-electron chi connectivity index (χ4n) is 2.08. The van der Waals surface area contributed by atoms with Gasteiger partial charge in [0.25, 0.3) is 0 Å². The van der Waals surface area contributed by atoms with E-state index in [-0.39, 0.29) is 11.9 Å². The van der Waals surface area contributed by atoms with Gasteiger partial charge in [0.05, 0.1) is 0 Å². The first kappa shape index (κ1) is 13.5. The molecule has 0 radical (unpaired) electrons. The Morgan fingerprint density at radius 1 is 1.44 bits per heavy atom. The molecule has 1 rings (SSSR count). The molecular formula is C13H26N2O. The van der Waals surface area contributed by atoms with E-state index in [4.69, 9.17) is 5.73 Å². The molecule has 3 nitrogen and oxygen atoms in total. The number of nitrogens with two attached hydrogens (primary N) is 1. The Bertz CT molecular complexity index is 224. The zero-order valence-electron chi connectivity index (χ0n) is 10.8. The van der Waals surface area contributed by atoms with E-state index < -0.39 is 0 Å². The summed E-state index contributed by atoms with van der Waals surface area (Å²) in [6, 6.07) is 0.170. The van der Waals surface area contributed by atoms with Gasteiger partial charge in [0.15, 0.2) is 0 Å². The summed E-state index contributed by atoms with van der Waals surface area (Å²) in [7, 11) is 0. The second-order valence-electron chi connectivity index (χ2n) is 5.42. The van der Waals surface area contributed by atoms with Gasteiger partial charge in [0, 0.05) is 19.0 Å². The maximum Gasteiger partial charge on any atom is 0.220 e. The van der Waals surface area contributed by atoms with Crippen LogP contribution in [0.3, 0.4) is 0 Å². The molecule has 1 aliphatic rings. The maximum atomic E-state index is 11.7. The summed E-state index contributed by atoms with van der Waals surface area (Å²) in [5.74, 6) is 1.90. The van der Waals surface area contributed by atoms with Crippen molar-refractivity contribution in [2.75, 3.05) is 6.54 Å². The van der Waals surface area contributed by atoms with Crippen LogP contribution in [0.1, 0.15) is 46.5 Å². The maximum absolute atomic E-state index is 11.7. The Morgan fingerprint density at radius 2 is 2.06 bits per heavy atom. The van der Waals surface area contributed by atoms with Gasteiger partial charge in [-0.1, -0.05) is 27.2 Å². The van der Waals surface area contributed by atoms with Gasteiger partial charge in [-0.25, -0.2) is 0 Å². The van der Waals surface area contributed by atoms with Crippen LogP contribution in [0.15, 0.2) is 0 Å². The molecule has 16 heavy (non-hydrogen) atoms. The van der Waals surface area contributed by atoms with Crippen LogP contribution >= 0.6 is 0 Å². The largest absolute Gasteiger partial charge is 0.355 e. The van der Waals surface area contributed by atoms with Crippen molar-refractivity contribution in [1.29, 1.82) is 0 Å².